The van der Waals surface area contributed by atoms with Crippen LogP contribution in [0.25, 0.3) is 28.0 Å². The zero-order chi connectivity index (χ0) is 23.4. The first-order valence-corrected chi connectivity index (χ1v) is 10.1. The van der Waals surface area contributed by atoms with Crippen LogP contribution in [0.2, 0.25) is 0 Å². The first-order valence-electron chi connectivity index (χ1n) is 10.1. The Morgan fingerprint density at radius 3 is 2.39 bits per heavy atom. The van der Waals surface area contributed by atoms with Crippen molar-refractivity contribution in [2.24, 2.45) is 7.05 Å². The third-order valence-corrected chi connectivity index (χ3v) is 5.62. The van der Waals surface area contributed by atoms with Gasteiger partial charge in [-0.1, -0.05) is 0 Å². The molecular formula is C23H20F3N7. The monoisotopic (exact) mass is 451 g/mol. The smallest absolute Gasteiger partial charge is 0.164 e. The predicted molar refractivity (Wildman–Crippen MR) is 120 cm³/mol. The summed E-state index contributed by atoms with van der Waals surface area (Å²) < 4.78 is 44.4. The number of aromatic nitrogens is 4. The highest BCUT2D eigenvalue weighted by Gasteiger charge is 2.24. The zero-order valence-corrected chi connectivity index (χ0v) is 18.1. The SMILES string of the molecule is Cc1nc(N)c2c(-c3ccc(N4C=C(c5ccc(F)cc5F)N(C)C4)cc3F)nn(C)c2n1. The number of fused-ring (bicyclic) bond motifs is 1. The fraction of sp³-hybridized carbons (Fsp3) is 0.174. The largest absolute Gasteiger partial charge is 0.383 e. The molecular weight excluding hydrogens is 431 g/mol. The Morgan fingerprint density at radius 2 is 1.67 bits per heavy atom. The third-order valence-electron chi connectivity index (χ3n) is 5.62. The van der Waals surface area contributed by atoms with Crippen molar-refractivity contribution >= 4 is 28.2 Å². The topological polar surface area (TPSA) is 76.1 Å². The van der Waals surface area contributed by atoms with Crippen LogP contribution in [0.1, 0.15) is 11.4 Å². The lowest BCUT2D eigenvalue weighted by molar-refractivity contribution is 0.508. The van der Waals surface area contributed by atoms with E-state index in [1.165, 1.54) is 18.2 Å². The first-order chi connectivity index (χ1) is 15.7. The lowest BCUT2D eigenvalue weighted by atomic mass is 10.1. The highest BCUT2D eigenvalue weighted by Crippen LogP contribution is 2.35. The quantitative estimate of drug-likeness (QED) is 0.507. The molecule has 10 heteroatoms. The Hall–Kier alpha value is -4.08. The molecule has 1 aliphatic rings. The molecule has 0 fully saturated rings. The summed E-state index contributed by atoms with van der Waals surface area (Å²) in [6, 6.07) is 8.19. The lowest BCUT2D eigenvalue weighted by Crippen LogP contribution is -2.23. The summed E-state index contributed by atoms with van der Waals surface area (Å²) in [4.78, 5) is 12.1. The van der Waals surface area contributed by atoms with Crippen LogP contribution in [0.5, 0.6) is 0 Å². The molecule has 0 atom stereocenters. The highest BCUT2D eigenvalue weighted by atomic mass is 19.1. The van der Waals surface area contributed by atoms with Gasteiger partial charge in [-0.15, -0.1) is 0 Å². The minimum Gasteiger partial charge on any atom is -0.383 e. The van der Waals surface area contributed by atoms with Gasteiger partial charge in [-0.2, -0.15) is 5.10 Å². The summed E-state index contributed by atoms with van der Waals surface area (Å²) in [7, 11) is 3.50. The summed E-state index contributed by atoms with van der Waals surface area (Å²) in [6.07, 6.45) is 1.70. The number of halogens is 3. The second-order valence-electron chi connectivity index (χ2n) is 7.94. The van der Waals surface area contributed by atoms with Crippen LogP contribution in [-0.4, -0.2) is 38.4 Å². The van der Waals surface area contributed by atoms with E-state index in [4.69, 9.17) is 5.73 Å². The summed E-state index contributed by atoms with van der Waals surface area (Å²) in [5.41, 5.74) is 8.64. The molecule has 2 N–H and O–H groups in total. The number of nitrogens with zero attached hydrogens (tertiary/aromatic N) is 6. The fourth-order valence-electron chi connectivity index (χ4n) is 4.07. The molecule has 0 saturated heterocycles. The van der Waals surface area contributed by atoms with Gasteiger partial charge in [0.2, 0.25) is 0 Å². The van der Waals surface area contributed by atoms with Gasteiger partial charge in [0, 0.05) is 43.2 Å². The van der Waals surface area contributed by atoms with Crippen LogP contribution in [0.3, 0.4) is 0 Å². The molecule has 0 unspecified atom stereocenters. The molecule has 0 spiro atoms. The second kappa shape index (κ2) is 7.51. The standard InChI is InChI=1S/C23H20F3N7/c1-12-28-22(27)20-21(30-32(3)23(20)29-12)16-7-5-14(9-18(16)26)33-10-19(31(2)11-33)15-6-4-13(24)8-17(15)25/h4-10H,11H2,1-3H3,(H2,27,28,29). The Bertz CT molecular complexity index is 1440. The van der Waals surface area contributed by atoms with Gasteiger partial charge in [-0.05, 0) is 37.3 Å². The van der Waals surface area contributed by atoms with Crippen molar-refractivity contribution in [2.45, 2.75) is 6.92 Å². The number of hydrogen-bond acceptors (Lipinski definition) is 6. The van der Waals surface area contributed by atoms with Crippen LogP contribution in [0.4, 0.5) is 24.7 Å². The van der Waals surface area contributed by atoms with Crippen LogP contribution in [-0.2, 0) is 7.05 Å². The summed E-state index contributed by atoms with van der Waals surface area (Å²) in [5, 5.41) is 4.91. The molecule has 2 aromatic carbocycles. The maximum Gasteiger partial charge on any atom is 0.164 e. The van der Waals surface area contributed by atoms with Crippen molar-refractivity contribution in [2.75, 3.05) is 24.3 Å². The maximum atomic E-state index is 15.3. The Labute approximate surface area is 187 Å². The zero-order valence-electron chi connectivity index (χ0n) is 18.1. The van der Waals surface area contributed by atoms with Crippen LogP contribution >= 0.6 is 0 Å². The minimum atomic E-state index is -0.659. The molecule has 0 bridgehead atoms. The van der Waals surface area contributed by atoms with E-state index in [1.807, 2.05) is 0 Å². The number of aryl methyl sites for hydroxylation is 2. The van der Waals surface area contributed by atoms with Crippen molar-refractivity contribution in [3.63, 3.8) is 0 Å². The van der Waals surface area contributed by atoms with Gasteiger partial charge in [0.15, 0.2) is 5.65 Å². The average Bonchev–Trinajstić information content (AvgIpc) is 3.28. The first kappa shape index (κ1) is 20.8. The molecule has 4 aromatic rings. The van der Waals surface area contributed by atoms with Gasteiger partial charge in [0.1, 0.15) is 34.8 Å². The molecule has 33 heavy (non-hydrogen) atoms. The molecule has 1 aliphatic heterocycles. The van der Waals surface area contributed by atoms with Crippen LogP contribution < -0.4 is 10.6 Å². The van der Waals surface area contributed by atoms with E-state index < -0.39 is 17.5 Å². The van der Waals surface area contributed by atoms with Crippen molar-refractivity contribution in [3.8, 4) is 11.3 Å². The molecule has 7 nitrogen and oxygen atoms in total. The van der Waals surface area contributed by atoms with E-state index in [0.717, 1.165) is 6.07 Å². The fourth-order valence-corrected chi connectivity index (χ4v) is 4.07. The number of nitrogen functional groups attached to an aromatic ring is 1. The summed E-state index contributed by atoms with van der Waals surface area (Å²) in [6.45, 7) is 2.10. The molecule has 0 saturated carbocycles. The Kier molecular flexibility index (Phi) is 4.73. The van der Waals surface area contributed by atoms with Gasteiger partial charge in [-0.25, -0.2) is 27.8 Å². The predicted octanol–water partition coefficient (Wildman–Crippen LogP) is 4.05. The van der Waals surface area contributed by atoms with Crippen LogP contribution in [0.15, 0.2) is 42.6 Å². The van der Waals surface area contributed by atoms with Crippen molar-refractivity contribution in [1.29, 1.82) is 0 Å². The molecule has 3 heterocycles. The molecule has 0 amide bonds. The van der Waals surface area contributed by atoms with E-state index in [9.17, 15) is 8.78 Å². The minimum absolute atomic E-state index is 0.235. The molecule has 5 rings (SSSR count). The van der Waals surface area contributed by atoms with E-state index in [0.29, 0.717) is 40.6 Å². The van der Waals surface area contributed by atoms with E-state index >= 15 is 4.39 Å². The maximum absolute atomic E-state index is 15.3. The second-order valence-corrected chi connectivity index (χ2v) is 7.94. The molecule has 0 radical (unpaired) electrons. The number of nitrogens with two attached hydrogens (primary N) is 1. The molecule has 168 valence electrons. The summed E-state index contributed by atoms with van der Waals surface area (Å²) >= 11 is 0. The van der Waals surface area contributed by atoms with Gasteiger partial charge in [0.05, 0.1) is 17.8 Å². The summed E-state index contributed by atoms with van der Waals surface area (Å²) in [5.74, 6) is -1.06. The van der Waals surface area contributed by atoms with Crippen LogP contribution in [0, 0.1) is 24.4 Å². The highest BCUT2D eigenvalue weighted by molar-refractivity contribution is 5.98. The normalized spacial score (nSPS) is 13.8. The van der Waals surface area contributed by atoms with Gasteiger partial charge < -0.3 is 15.5 Å². The number of benzene rings is 2. The number of rotatable bonds is 3. The number of anilines is 2. The van der Waals surface area contributed by atoms with Gasteiger partial charge in [-0.3, -0.25) is 0 Å². The van der Waals surface area contributed by atoms with E-state index in [1.54, 1.807) is 53.8 Å². The number of hydrogen-bond donors (Lipinski definition) is 1. The van der Waals surface area contributed by atoms with E-state index in [2.05, 4.69) is 15.1 Å². The van der Waals surface area contributed by atoms with Crippen molar-refractivity contribution < 1.29 is 13.2 Å². The molecule has 0 aliphatic carbocycles. The molecule has 2 aromatic heterocycles. The van der Waals surface area contributed by atoms with Crippen molar-refractivity contribution in [1.82, 2.24) is 24.6 Å². The van der Waals surface area contributed by atoms with E-state index in [-0.39, 0.29) is 16.9 Å². The van der Waals surface area contributed by atoms with Gasteiger partial charge >= 0.3 is 0 Å². The average molecular weight is 451 g/mol. The Balaban J connectivity index is 1.53. The third kappa shape index (κ3) is 3.43. The van der Waals surface area contributed by atoms with Gasteiger partial charge in [0.25, 0.3) is 0 Å². The Morgan fingerprint density at radius 1 is 0.939 bits per heavy atom. The lowest BCUT2D eigenvalue weighted by Gasteiger charge is -2.20. The van der Waals surface area contributed by atoms with Crippen molar-refractivity contribution in [3.05, 3.63) is 71.4 Å².